The Labute approximate surface area is 116 Å². The van der Waals surface area contributed by atoms with Crippen molar-refractivity contribution in [3.05, 3.63) is 57.8 Å². The van der Waals surface area contributed by atoms with Crippen LogP contribution in [0.4, 0.5) is 0 Å². The number of benzene rings is 1. The fraction of sp³-hybridized carbons (Fsp3) is 0.0769. The van der Waals surface area contributed by atoms with E-state index in [1.807, 2.05) is 18.2 Å². The van der Waals surface area contributed by atoms with Crippen LogP contribution in [0, 0.1) is 0 Å². The summed E-state index contributed by atoms with van der Waals surface area (Å²) in [4.78, 5) is 0. The van der Waals surface area contributed by atoms with Crippen LogP contribution in [0.2, 0.25) is 0 Å². The molecule has 0 amide bonds. The SMILES string of the molecule is ClC(c1ccoc1)c1csc2c(Br)cccc12. The highest BCUT2D eigenvalue weighted by Crippen LogP contribution is 2.39. The first kappa shape index (κ1) is 11.3. The summed E-state index contributed by atoms with van der Waals surface area (Å²) in [5.74, 6) is 0. The number of alkyl halides is 1. The molecule has 1 aromatic carbocycles. The molecule has 1 atom stereocenters. The normalized spacial score (nSPS) is 13.1. The Hall–Kier alpha value is -0.770. The molecule has 1 nitrogen and oxygen atoms in total. The standard InChI is InChI=1S/C13H8BrClOS/c14-11-3-1-2-9-10(7-17-13(9)11)12(15)8-4-5-16-6-8/h1-7,12H. The van der Waals surface area contributed by atoms with Gasteiger partial charge >= 0.3 is 0 Å². The Morgan fingerprint density at radius 2 is 2.18 bits per heavy atom. The first-order chi connectivity index (χ1) is 8.27. The molecule has 0 saturated heterocycles. The van der Waals surface area contributed by atoms with Crippen molar-refractivity contribution in [2.45, 2.75) is 5.38 Å². The highest BCUT2D eigenvalue weighted by Gasteiger charge is 2.17. The number of hydrogen-bond donors (Lipinski definition) is 0. The van der Waals surface area contributed by atoms with Crippen molar-refractivity contribution in [1.29, 1.82) is 0 Å². The predicted octanol–water partition coefficient (Wildman–Crippen LogP) is 5.59. The van der Waals surface area contributed by atoms with Crippen molar-refractivity contribution in [1.82, 2.24) is 0 Å². The van der Waals surface area contributed by atoms with Crippen molar-refractivity contribution in [2.75, 3.05) is 0 Å². The lowest BCUT2D eigenvalue weighted by molar-refractivity contribution is 0.564. The third kappa shape index (κ3) is 1.92. The molecule has 4 heteroatoms. The average Bonchev–Trinajstić information content (AvgIpc) is 2.98. The van der Waals surface area contributed by atoms with Crippen LogP contribution in [0.1, 0.15) is 16.5 Å². The van der Waals surface area contributed by atoms with E-state index in [9.17, 15) is 0 Å². The van der Waals surface area contributed by atoms with E-state index >= 15 is 0 Å². The van der Waals surface area contributed by atoms with E-state index in [0.29, 0.717) is 0 Å². The zero-order valence-corrected chi connectivity index (χ0v) is 11.8. The minimum absolute atomic E-state index is 0.156. The molecule has 0 saturated carbocycles. The van der Waals surface area contributed by atoms with Gasteiger partial charge in [-0.2, -0.15) is 0 Å². The predicted molar refractivity (Wildman–Crippen MR) is 75.9 cm³/mol. The van der Waals surface area contributed by atoms with Crippen molar-refractivity contribution >= 4 is 49.0 Å². The summed E-state index contributed by atoms with van der Waals surface area (Å²) in [6, 6.07) is 8.08. The van der Waals surface area contributed by atoms with E-state index in [1.54, 1.807) is 23.9 Å². The van der Waals surface area contributed by atoms with E-state index in [4.69, 9.17) is 16.0 Å². The van der Waals surface area contributed by atoms with Crippen LogP contribution in [0.3, 0.4) is 0 Å². The molecule has 2 heterocycles. The maximum Gasteiger partial charge on any atom is 0.0952 e. The largest absolute Gasteiger partial charge is 0.472 e. The van der Waals surface area contributed by atoms with Crippen molar-refractivity contribution in [3.63, 3.8) is 0 Å². The smallest absolute Gasteiger partial charge is 0.0952 e. The molecule has 3 aromatic rings. The van der Waals surface area contributed by atoms with Gasteiger partial charge in [0.15, 0.2) is 0 Å². The summed E-state index contributed by atoms with van der Waals surface area (Å²) in [6.07, 6.45) is 3.34. The van der Waals surface area contributed by atoms with Gasteiger partial charge in [0.2, 0.25) is 0 Å². The van der Waals surface area contributed by atoms with Gasteiger partial charge in [-0.05, 0) is 44.4 Å². The highest BCUT2D eigenvalue weighted by molar-refractivity contribution is 9.10. The molecule has 0 spiro atoms. The van der Waals surface area contributed by atoms with Crippen LogP contribution in [0.25, 0.3) is 10.1 Å². The van der Waals surface area contributed by atoms with Gasteiger partial charge in [0.05, 0.1) is 17.9 Å². The third-order valence-electron chi connectivity index (χ3n) is 2.69. The number of rotatable bonds is 2. The maximum absolute atomic E-state index is 6.48. The van der Waals surface area contributed by atoms with E-state index in [0.717, 1.165) is 15.6 Å². The fourth-order valence-corrected chi connectivity index (χ4v) is 3.86. The summed E-state index contributed by atoms with van der Waals surface area (Å²) < 4.78 is 7.43. The molecule has 0 radical (unpaired) electrons. The fourth-order valence-electron chi connectivity index (χ4n) is 1.84. The molecule has 0 aliphatic carbocycles. The lowest BCUT2D eigenvalue weighted by Gasteiger charge is -2.05. The summed E-state index contributed by atoms with van der Waals surface area (Å²) in [7, 11) is 0. The van der Waals surface area contributed by atoms with Crippen LogP contribution in [-0.4, -0.2) is 0 Å². The monoisotopic (exact) mass is 326 g/mol. The second-order valence-corrected chi connectivity index (χ2v) is 5.90. The zero-order chi connectivity index (χ0) is 11.8. The van der Waals surface area contributed by atoms with Crippen LogP contribution in [-0.2, 0) is 0 Å². The van der Waals surface area contributed by atoms with E-state index in [-0.39, 0.29) is 5.38 Å². The average molecular weight is 328 g/mol. The minimum Gasteiger partial charge on any atom is -0.472 e. The second kappa shape index (κ2) is 4.48. The zero-order valence-electron chi connectivity index (χ0n) is 8.69. The topological polar surface area (TPSA) is 13.1 Å². The lowest BCUT2D eigenvalue weighted by Crippen LogP contribution is -1.88. The Balaban J connectivity index is 2.15. The Bertz CT molecular complexity index is 645. The summed E-state index contributed by atoms with van der Waals surface area (Å²) >= 11 is 11.7. The maximum atomic E-state index is 6.48. The number of furan rings is 1. The van der Waals surface area contributed by atoms with Gasteiger partial charge in [0.1, 0.15) is 0 Å². The molecule has 0 aliphatic heterocycles. The van der Waals surface area contributed by atoms with Gasteiger partial charge in [-0.15, -0.1) is 22.9 Å². The number of hydrogen-bond acceptors (Lipinski definition) is 2. The summed E-state index contributed by atoms with van der Waals surface area (Å²) in [6.45, 7) is 0. The second-order valence-electron chi connectivity index (χ2n) is 3.73. The van der Waals surface area contributed by atoms with Crippen molar-refractivity contribution < 1.29 is 4.42 Å². The van der Waals surface area contributed by atoms with Gasteiger partial charge < -0.3 is 4.42 Å². The highest BCUT2D eigenvalue weighted by atomic mass is 79.9. The van der Waals surface area contributed by atoms with Crippen molar-refractivity contribution in [3.8, 4) is 0 Å². The molecule has 0 aliphatic rings. The van der Waals surface area contributed by atoms with Gasteiger partial charge in [-0.1, -0.05) is 12.1 Å². The van der Waals surface area contributed by atoms with Crippen LogP contribution < -0.4 is 0 Å². The lowest BCUT2D eigenvalue weighted by atomic mass is 10.1. The Morgan fingerprint density at radius 1 is 1.29 bits per heavy atom. The van der Waals surface area contributed by atoms with E-state index < -0.39 is 0 Å². The summed E-state index contributed by atoms with van der Waals surface area (Å²) in [5, 5.41) is 3.16. The molecule has 17 heavy (non-hydrogen) atoms. The van der Waals surface area contributed by atoms with Gasteiger partial charge in [-0.3, -0.25) is 0 Å². The summed E-state index contributed by atoms with van der Waals surface area (Å²) in [5.41, 5.74) is 2.13. The Kier molecular flexibility index (Phi) is 2.99. The van der Waals surface area contributed by atoms with Gasteiger partial charge in [0.25, 0.3) is 0 Å². The van der Waals surface area contributed by atoms with Crippen LogP contribution >= 0.6 is 38.9 Å². The van der Waals surface area contributed by atoms with Gasteiger partial charge in [0, 0.05) is 14.7 Å². The first-order valence-corrected chi connectivity index (χ1v) is 7.20. The number of fused-ring (bicyclic) bond motifs is 1. The van der Waals surface area contributed by atoms with E-state index in [1.165, 1.54) is 10.1 Å². The molecule has 3 rings (SSSR count). The number of thiophene rings is 1. The van der Waals surface area contributed by atoms with Crippen LogP contribution in [0.15, 0.2) is 51.1 Å². The molecule has 1 unspecified atom stereocenters. The van der Waals surface area contributed by atoms with Gasteiger partial charge in [-0.25, -0.2) is 0 Å². The molecule has 0 N–H and O–H groups in total. The molecule has 0 bridgehead atoms. The molecule has 0 fully saturated rings. The quantitative estimate of drug-likeness (QED) is 0.560. The van der Waals surface area contributed by atoms with E-state index in [2.05, 4.69) is 27.4 Å². The first-order valence-electron chi connectivity index (χ1n) is 5.09. The molecule has 86 valence electrons. The van der Waals surface area contributed by atoms with Crippen molar-refractivity contribution in [2.24, 2.45) is 0 Å². The third-order valence-corrected chi connectivity index (χ3v) is 5.15. The molecular formula is C13H8BrClOS. The minimum atomic E-state index is -0.156. The van der Waals surface area contributed by atoms with Crippen LogP contribution in [0.5, 0.6) is 0 Å². The molecule has 2 aromatic heterocycles. The number of halogens is 2. The Morgan fingerprint density at radius 3 is 2.94 bits per heavy atom. The molecular weight excluding hydrogens is 320 g/mol.